The van der Waals surface area contributed by atoms with Crippen LogP contribution in [0.1, 0.15) is 12.0 Å². The second kappa shape index (κ2) is 7.90. The number of aryl methyl sites for hydroxylation is 1. The van der Waals surface area contributed by atoms with Gasteiger partial charge in [-0.25, -0.2) is 12.7 Å². The molecule has 23 heavy (non-hydrogen) atoms. The molecule has 1 saturated heterocycles. The van der Waals surface area contributed by atoms with E-state index in [9.17, 15) is 13.2 Å². The Labute approximate surface area is 137 Å². The smallest absolute Gasteiger partial charge is 0.220 e. The van der Waals surface area contributed by atoms with Crippen molar-refractivity contribution in [3.63, 3.8) is 0 Å². The maximum absolute atomic E-state index is 12.1. The number of benzene rings is 1. The first kappa shape index (κ1) is 17.9. The number of sulfonamides is 1. The van der Waals surface area contributed by atoms with Gasteiger partial charge in [0, 0.05) is 26.4 Å². The minimum atomic E-state index is -3.30. The van der Waals surface area contributed by atoms with Gasteiger partial charge in [-0.05, 0) is 12.0 Å². The predicted octanol–water partition coefficient (Wildman–Crippen LogP) is 0.642. The topological polar surface area (TPSA) is 75.7 Å². The van der Waals surface area contributed by atoms with E-state index in [-0.39, 0.29) is 23.6 Å². The second-order valence-corrected chi connectivity index (χ2v) is 8.25. The highest BCUT2D eigenvalue weighted by molar-refractivity contribution is 7.89. The summed E-state index contributed by atoms with van der Waals surface area (Å²) in [6.45, 7) is 0.724. The average Bonchev–Trinajstić information content (AvgIpc) is 2.92. The molecule has 0 unspecified atom stereocenters. The zero-order valence-corrected chi connectivity index (χ0v) is 14.4. The lowest BCUT2D eigenvalue weighted by atomic mass is 10.1. The van der Waals surface area contributed by atoms with Crippen molar-refractivity contribution < 1.29 is 17.9 Å². The summed E-state index contributed by atoms with van der Waals surface area (Å²) in [7, 11) is -0.279. The van der Waals surface area contributed by atoms with E-state index in [0.29, 0.717) is 26.1 Å². The molecule has 7 heteroatoms. The summed E-state index contributed by atoms with van der Waals surface area (Å²) >= 11 is 0. The number of nitrogens with one attached hydrogen (secondary N) is 1. The number of hydrogen-bond acceptors (Lipinski definition) is 4. The Morgan fingerprint density at radius 1 is 1.26 bits per heavy atom. The van der Waals surface area contributed by atoms with Crippen molar-refractivity contribution in [3.05, 3.63) is 35.9 Å². The molecule has 2 rings (SSSR count). The maximum Gasteiger partial charge on any atom is 0.220 e. The van der Waals surface area contributed by atoms with E-state index in [1.807, 2.05) is 30.3 Å². The minimum absolute atomic E-state index is 0.0103. The first-order chi connectivity index (χ1) is 10.9. The molecule has 0 radical (unpaired) electrons. The number of hydrogen-bond donors (Lipinski definition) is 1. The van der Waals surface area contributed by atoms with Gasteiger partial charge in [0.15, 0.2) is 0 Å². The van der Waals surface area contributed by atoms with Crippen molar-refractivity contribution in [1.29, 1.82) is 0 Å². The van der Waals surface area contributed by atoms with E-state index in [1.165, 1.54) is 18.4 Å². The van der Waals surface area contributed by atoms with Crippen LogP contribution in [0.25, 0.3) is 0 Å². The molecule has 1 aliphatic heterocycles. The van der Waals surface area contributed by atoms with Crippen LogP contribution in [0.2, 0.25) is 0 Å². The number of nitrogens with zero attached hydrogens (tertiary/aromatic N) is 1. The number of carbonyl (C=O) groups is 1. The van der Waals surface area contributed by atoms with E-state index in [0.717, 1.165) is 5.56 Å². The summed E-state index contributed by atoms with van der Waals surface area (Å²) in [6, 6.07) is 9.56. The van der Waals surface area contributed by atoms with Crippen LogP contribution in [0.15, 0.2) is 30.3 Å². The lowest BCUT2D eigenvalue weighted by Gasteiger charge is -2.21. The molecule has 0 aromatic heterocycles. The lowest BCUT2D eigenvalue weighted by Crippen LogP contribution is -2.43. The van der Waals surface area contributed by atoms with E-state index >= 15 is 0 Å². The Hall–Kier alpha value is -1.44. The largest absolute Gasteiger partial charge is 0.379 e. The van der Waals surface area contributed by atoms with Gasteiger partial charge in [0.1, 0.15) is 0 Å². The van der Waals surface area contributed by atoms with Gasteiger partial charge in [-0.2, -0.15) is 0 Å². The summed E-state index contributed by atoms with van der Waals surface area (Å²) < 4.78 is 30.5. The van der Waals surface area contributed by atoms with Gasteiger partial charge in [0.2, 0.25) is 15.9 Å². The third-order valence-corrected chi connectivity index (χ3v) is 5.97. The minimum Gasteiger partial charge on any atom is -0.379 e. The summed E-state index contributed by atoms with van der Waals surface area (Å²) in [5.41, 5.74) is 1.11. The van der Waals surface area contributed by atoms with Crippen molar-refractivity contribution in [1.82, 2.24) is 9.62 Å². The van der Waals surface area contributed by atoms with E-state index in [1.54, 1.807) is 0 Å². The third-order valence-electron chi connectivity index (χ3n) is 4.01. The molecule has 1 fully saturated rings. The van der Waals surface area contributed by atoms with E-state index < -0.39 is 10.0 Å². The Bertz CT molecular complexity index is 616. The van der Waals surface area contributed by atoms with Gasteiger partial charge in [0.25, 0.3) is 0 Å². The lowest BCUT2D eigenvalue weighted by molar-refractivity contribution is -0.121. The molecule has 1 aromatic carbocycles. The second-order valence-electron chi connectivity index (χ2n) is 6.02. The van der Waals surface area contributed by atoms with Crippen LogP contribution in [0, 0.1) is 5.92 Å². The Morgan fingerprint density at radius 2 is 1.96 bits per heavy atom. The first-order valence-electron chi connectivity index (χ1n) is 7.70. The number of carbonyl (C=O) groups excluding carboxylic acids is 1. The van der Waals surface area contributed by atoms with Crippen LogP contribution in [0.5, 0.6) is 0 Å². The fourth-order valence-corrected chi connectivity index (χ4v) is 3.69. The molecule has 128 valence electrons. The van der Waals surface area contributed by atoms with Gasteiger partial charge in [-0.1, -0.05) is 30.3 Å². The summed E-state index contributed by atoms with van der Waals surface area (Å²) in [6.07, 6.45) is 1.05. The average molecular weight is 340 g/mol. The van der Waals surface area contributed by atoms with Crippen molar-refractivity contribution in [2.45, 2.75) is 18.9 Å². The molecular formula is C16H24N2O4S. The number of rotatable bonds is 7. The number of ether oxygens (including phenoxy) is 1. The fourth-order valence-electron chi connectivity index (χ4n) is 2.52. The van der Waals surface area contributed by atoms with Crippen molar-refractivity contribution in [2.75, 3.05) is 33.1 Å². The van der Waals surface area contributed by atoms with Crippen LogP contribution < -0.4 is 5.32 Å². The Kier molecular flexibility index (Phi) is 6.15. The highest BCUT2D eigenvalue weighted by Gasteiger charge is 2.33. The summed E-state index contributed by atoms with van der Waals surface area (Å²) in [4.78, 5) is 12.1. The van der Waals surface area contributed by atoms with Crippen LogP contribution >= 0.6 is 0 Å². The Morgan fingerprint density at radius 3 is 2.61 bits per heavy atom. The molecule has 1 amide bonds. The summed E-state index contributed by atoms with van der Waals surface area (Å²) in [5, 5.41) is 2.91. The highest BCUT2D eigenvalue weighted by Crippen LogP contribution is 2.17. The molecule has 6 nitrogen and oxygen atoms in total. The SMILES string of the molecule is CN(C)S(=O)(=O)C[C@@H]1COC[C@@H]1NC(=O)CCc1ccccc1. The molecule has 1 N–H and O–H groups in total. The zero-order valence-electron chi connectivity index (χ0n) is 13.6. The van der Waals surface area contributed by atoms with Crippen molar-refractivity contribution in [2.24, 2.45) is 5.92 Å². The Balaban J connectivity index is 1.85. The molecule has 0 aliphatic carbocycles. The molecule has 2 atom stereocenters. The van der Waals surface area contributed by atoms with Gasteiger partial charge >= 0.3 is 0 Å². The van der Waals surface area contributed by atoms with Gasteiger partial charge in [0.05, 0.1) is 25.0 Å². The van der Waals surface area contributed by atoms with Gasteiger partial charge in [-0.3, -0.25) is 4.79 Å². The van der Waals surface area contributed by atoms with Gasteiger partial charge in [-0.15, -0.1) is 0 Å². The van der Waals surface area contributed by atoms with E-state index in [4.69, 9.17) is 4.74 Å². The molecule has 0 saturated carbocycles. The molecule has 1 heterocycles. The monoisotopic (exact) mass is 340 g/mol. The van der Waals surface area contributed by atoms with Crippen molar-refractivity contribution >= 4 is 15.9 Å². The third kappa shape index (κ3) is 5.30. The van der Waals surface area contributed by atoms with Crippen LogP contribution in [0.3, 0.4) is 0 Å². The van der Waals surface area contributed by atoms with E-state index in [2.05, 4.69) is 5.32 Å². The molecular weight excluding hydrogens is 316 g/mol. The standard InChI is InChI=1S/C16H24N2O4S/c1-18(2)23(20,21)12-14-10-22-11-15(14)17-16(19)9-8-13-6-4-3-5-7-13/h3-7,14-15H,8-12H2,1-2H3,(H,17,19)/t14-,15-/m0/s1. The first-order valence-corrected chi connectivity index (χ1v) is 9.30. The zero-order chi connectivity index (χ0) is 16.9. The molecule has 1 aliphatic rings. The molecule has 0 spiro atoms. The van der Waals surface area contributed by atoms with Gasteiger partial charge < -0.3 is 10.1 Å². The quantitative estimate of drug-likeness (QED) is 0.790. The normalized spacial score (nSPS) is 21.5. The van der Waals surface area contributed by atoms with Crippen molar-refractivity contribution in [3.8, 4) is 0 Å². The van der Waals surface area contributed by atoms with Crippen LogP contribution in [-0.2, 0) is 26.0 Å². The highest BCUT2D eigenvalue weighted by atomic mass is 32.2. The number of amides is 1. The van der Waals surface area contributed by atoms with Crippen LogP contribution in [-0.4, -0.2) is 57.7 Å². The summed E-state index contributed by atoms with van der Waals surface area (Å²) in [5.74, 6) is -0.288. The fraction of sp³-hybridized carbons (Fsp3) is 0.562. The predicted molar refractivity (Wildman–Crippen MR) is 88.5 cm³/mol. The maximum atomic E-state index is 12.1. The van der Waals surface area contributed by atoms with Crippen LogP contribution in [0.4, 0.5) is 0 Å². The molecule has 0 bridgehead atoms. The molecule has 1 aromatic rings.